The Morgan fingerprint density at radius 3 is 1.93 bits per heavy atom. The van der Waals surface area contributed by atoms with Crippen LogP contribution in [-0.4, -0.2) is 236 Å². The van der Waals surface area contributed by atoms with Crippen LogP contribution >= 0.6 is 0 Å². The van der Waals surface area contributed by atoms with Gasteiger partial charge in [-0.25, -0.2) is 0 Å². The molecule has 0 aromatic heterocycles. The van der Waals surface area contributed by atoms with E-state index in [-0.39, 0.29) is 5.56 Å². The molecule has 32 heteroatoms. The van der Waals surface area contributed by atoms with E-state index in [1.54, 1.807) is 12.1 Å². The standard InChI is InChI=1S/C58H80N10O21S/c1-4-5-6-7-22-88-38-15-13-35(14-16-38)66-20-18-65(19-21-66)34-11-8-32(9-12-34)52(78)61-39-24-36(70)27-60-56(82)48-49(75)30(2)28-68(48)58(84)46(42(73)26-44(59)74)63-55(81)47(51(77)50(76)33-10-17-41(72)43(23-33)89-90(85,86)87)64-54(80)40-25-37(71)29-67(40)57(83)45(31(3)69)62-53(39)79/h8-17,23,30-31,36-37,39-40,42,45-51,69-73,75-77H,4-7,18-22,24-29H2,1-3H3,(H2,59,74)(H,60,82)(H,61,78)(H,62,79)(H,63,81)(H,64,80)(H,85,86,87)/t30-,31+,36-,37+,39-,40?,42+,45?,46?,47?,48?,49-,50-,51-/m0/s1. The van der Waals surface area contributed by atoms with Gasteiger partial charge in [0.25, 0.3) is 5.91 Å². The minimum Gasteiger partial charge on any atom is -0.504 e. The van der Waals surface area contributed by atoms with Gasteiger partial charge in [0, 0.05) is 81.5 Å². The molecule has 494 valence electrons. The Labute approximate surface area is 518 Å². The molecule has 16 N–H and O–H groups in total. The average molecular weight is 1290 g/mol. The Morgan fingerprint density at radius 1 is 0.733 bits per heavy atom. The number of phenols is 1. The van der Waals surface area contributed by atoms with Gasteiger partial charge in [0.15, 0.2) is 11.5 Å². The summed E-state index contributed by atoms with van der Waals surface area (Å²) in [4.78, 5) is 119. The molecule has 4 aliphatic rings. The van der Waals surface area contributed by atoms with Crippen LogP contribution in [-0.2, 0) is 44.0 Å². The SMILES string of the molecule is CCCCCCOc1ccc(N2CCN(c3ccc(C(=O)N[C@H]4C[C@H](O)CNC(=O)C5[C@@H](O)[C@@H](C)CN5C(=O)C([C@H](O)CC(N)=O)NC(=O)C([C@H](O)[C@@H](O)c5ccc(O)c(OS(=O)(=O)O)c5)NC(=O)C5C[C@@H](O)CN5C(=O)C([C@@H](C)O)NC4=O)cc3)CC2)cc1. The van der Waals surface area contributed by atoms with E-state index in [1.807, 2.05) is 24.3 Å². The van der Waals surface area contributed by atoms with Gasteiger partial charge < -0.3 is 102 Å². The fourth-order valence-electron chi connectivity index (χ4n) is 11.2. The number of aromatic hydroxyl groups is 1. The van der Waals surface area contributed by atoms with E-state index in [0.29, 0.717) is 48.7 Å². The van der Waals surface area contributed by atoms with Crippen molar-refractivity contribution in [1.82, 2.24) is 36.4 Å². The zero-order chi connectivity index (χ0) is 65.9. The van der Waals surface area contributed by atoms with E-state index in [1.165, 1.54) is 19.1 Å². The number of nitrogens with one attached hydrogen (secondary N) is 5. The number of anilines is 2. The minimum atomic E-state index is -5.33. The molecule has 4 heterocycles. The summed E-state index contributed by atoms with van der Waals surface area (Å²) < 4.78 is 42.7. The highest BCUT2D eigenvalue weighted by molar-refractivity contribution is 7.81. The third kappa shape index (κ3) is 17.7. The smallest absolute Gasteiger partial charge is 0.446 e. The highest BCUT2D eigenvalue weighted by Gasteiger charge is 2.50. The molecule has 0 spiro atoms. The number of piperazine rings is 1. The summed E-state index contributed by atoms with van der Waals surface area (Å²) >= 11 is 0. The van der Waals surface area contributed by atoms with Crippen molar-refractivity contribution in [1.29, 1.82) is 0 Å². The number of aliphatic hydroxyl groups excluding tert-OH is 7. The average Bonchev–Trinajstić information content (AvgIpc) is 1.83. The fourth-order valence-corrected chi connectivity index (χ4v) is 11.6. The number of carbonyl (C=O) groups is 8. The van der Waals surface area contributed by atoms with E-state index >= 15 is 0 Å². The van der Waals surface area contributed by atoms with Crippen LogP contribution < -0.4 is 51.0 Å². The lowest BCUT2D eigenvalue weighted by molar-refractivity contribution is -0.148. The van der Waals surface area contributed by atoms with Gasteiger partial charge in [0.1, 0.15) is 54.2 Å². The number of nitrogens with zero attached hydrogens (tertiary/aromatic N) is 4. The maximum absolute atomic E-state index is 14.7. The number of nitrogens with two attached hydrogens (primary N) is 1. The Balaban J connectivity index is 1.17. The summed E-state index contributed by atoms with van der Waals surface area (Å²) in [6, 6.07) is 4.14. The predicted octanol–water partition coefficient (Wildman–Crippen LogP) is -3.83. The van der Waals surface area contributed by atoms with Gasteiger partial charge in [-0.05, 0) is 79.6 Å². The van der Waals surface area contributed by atoms with Crippen LogP contribution in [0.15, 0.2) is 66.7 Å². The van der Waals surface area contributed by atoms with Gasteiger partial charge >= 0.3 is 10.4 Å². The Hall–Kier alpha value is -7.95. The molecular weight excluding hydrogens is 1200 g/mol. The van der Waals surface area contributed by atoms with Crippen LogP contribution in [0.25, 0.3) is 0 Å². The Kier molecular flexibility index (Phi) is 23.7. The number of unbranched alkanes of at least 4 members (excludes halogenated alkanes) is 3. The zero-order valence-corrected chi connectivity index (χ0v) is 50.6. The number of aliphatic hydroxyl groups is 7. The molecule has 4 saturated heterocycles. The second-order valence-electron chi connectivity index (χ2n) is 23.0. The first kappa shape index (κ1) is 69.5. The van der Waals surface area contributed by atoms with Gasteiger partial charge in [-0.15, -0.1) is 0 Å². The molecule has 0 radical (unpaired) electrons. The lowest BCUT2D eigenvalue weighted by Gasteiger charge is -2.37. The topological polar surface area (TPSA) is 470 Å². The molecule has 5 unspecified atom stereocenters. The number of rotatable bonds is 19. The number of ether oxygens (including phenoxy) is 1. The lowest BCUT2D eigenvalue weighted by atomic mass is 9.96. The first-order chi connectivity index (χ1) is 42.5. The van der Waals surface area contributed by atoms with Crippen LogP contribution in [0, 0.1) is 5.92 Å². The van der Waals surface area contributed by atoms with E-state index < -0.39 is 199 Å². The van der Waals surface area contributed by atoms with Gasteiger partial charge in [-0.3, -0.25) is 42.9 Å². The van der Waals surface area contributed by atoms with E-state index in [4.69, 9.17) is 10.5 Å². The maximum Gasteiger partial charge on any atom is 0.446 e. The molecule has 14 atom stereocenters. The van der Waals surface area contributed by atoms with Crippen molar-refractivity contribution < 1.29 is 101 Å². The maximum atomic E-state index is 14.7. The molecule has 0 saturated carbocycles. The third-order valence-corrected chi connectivity index (χ3v) is 16.6. The van der Waals surface area contributed by atoms with E-state index in [0.717, 1.165) is 61.9 Å². The first-order valence-electron chi connectivity index (χ1n) is 29.5. The van der Waals surface area contributed by atoms with Crippen molar-refractivity contribution >= 4 is 69.0 Å². The third-order valence-electron chi connectivity index (χ3n) is 16.2. The fraction of sp³-hybridized carbons (Fsp3) is 0.552. The minimum absolute atomic E-state index is 0.0438. The van der Waals surface area contributed by atoms with Crippen LogP contribution in [0.1, 0.15) is 87.7 Å². The number of phenolic OH excluding ortho intramolecular Hbond substituents is 1. The summed E-state index contributed by atoms with van der Waals surface area (Å²) in [6.45, 7) is 6.05. The molecule has 4 fully saturated rings. The second-order valence-corrected chi connectivity index (χ2v) is 24.0. The molecule has 3 aromatic carbocycles. The van der Waals surface area contributed by atoms with Crippen LogP contribution in [0.3, 0.4) is 0 Å². The largest absolute Gasteiger partial charge is 0.504 e. The van der Waals surface area contributed by atoms with Gasteiger partial charge in [-0.2, -0.15) is 8.42 Å². The van der Waals surface area contributed by atoms with Crippen LogP contribution in [0.2, 0.25) is 0 Å². The number of hydrogen-bond acceptors (Lipinski definition) is 22. The van der Waals surface area contributed by atoms with Crippen molar-refractivity contribution in [3.8, 4) is 17.2 Å². The van der Waals surface area contributed by atoms with E-state index in [2.05, 4.69) is 47.5 Å². The molecule has 0 aliphatic carbocycles. The van der Waals surface area contributed by atoms with Crippen molar-refractivity contribution in [3.05, 3.63) is 77.9 Å². The van der Waals surface area contributed by atoms with Gasteiger partial charge in [0.2, 0.25) is 41.4 Å². The number of benzene rings is 3. The first-order valence-corrected chi connectivity index (χ1v) is 30.9. The molecule has 4 aliphatic heterocycles. The van der Waals surface area contributed by atoms with Crippen LogP contribution in [0.4, 0.5) is 11.4 Å². The lowest BCUT2D eigenvalue weighted by Crippen LogP contribution is -2.64. The zero-order valence-electron chi connectivity index (χ0n) is 49.7. The molecule has 90 heavy (non-hydrogen) atoms. The molecule has 3 aromatic rings. The van der Waals surface area contributed by atoms with Crippen molar-refractivity contribution in [3.63, 3.8) is 0 Å². The highest BCUT2D eigenvalue weighted by Crippen LogP contribution is 2.33. The Morgan fingerprint density at radius 2 is 1.33 bits per heavy atom. The monoisotopic (exact) mass is 1280 g/mol. The number of fused-ring (bicyclic) bond motifs is 2. The van der Waals surface area contributed by atoms with Crippen molar-refractivity contribution in [2.75, 3.05) is 62.2 Å². The number of β-amino-alcohol motifs (C(OH)–C–C–N with tert-alkyl or cyclic N) is 1. The number of carbonyl (C=O) groups excluding carboxylic acids is 8. The summed E-state index contributed by atoms with van der Waals surface area (Å²) in [6.07, 6.45) is -12.1. The normalized spacial score (nSPS) is 26.5. The number of hydrogen-bond donors (Lipinski definition) is 15. The van der Waals surface area contributed by atoms with E-state index in [9.17, 15) is 92.2 Å². The molecule has 31 nitrogen and oxygen atoms in total. The Bertz CT molecular complexity index is 3160. The molecular formula is C58H80N10O21S. The van der Waals surface area contributed by atoms with Crippen molar-refractivity contribution in [2.24, 2.45) is 11.7 Å². The van der Waals surface area contributed by atoms with Gasteiger partial charge in [-0.1, -0.05) is 39.2 Å². The summed E-state index contributed by atoms with van der Waals surface area (Å²) in [7, 11) is -5.33. The summed E-state index contributed by atoms with van der Waals surface area (Å²) in [5.74, 6) is -12.2. The molecule has 8 amide bonds. The summed E-state index contributed by atoms with van der Waals surface area (Å²) in [5.41, 5.74) is 6.66. The quantitative estimate of drug-likeness (QED) is 0.0404. The predicted molar refractivity (Wildman–Crippen MR) is 317 cm³/mol. The molecule has 0 bridgehead atoms. The second kappa shape index (κ2) is 30.7. The summed E-state index contributed by atoms with van der Waals surface area (Å²) in [5, 5.41) is 101. The van der Waals surface area contributed by atoms with Gasteiger partial charge in [0.05, 0.1) is 43.5 Å². The highest BCUT2D eigenvalue weighted by atomic mass is 32.3. The number of primary amides is 1. The van der Waals surface area contributed by atoms with Crippen LogP contribution in [0.5, 0.6) is 17.2 Å². The van der Waals surface area contributed by atoms with Crippen molar-refractivity contribution in [2.45, 2.75) is 145 Å². The number of amides is 8. The molecule has 7 rings (SSSR count).